The number of hydrogen-bond acceptors (Lipinski definition) is 6. The molecule has 0 amide bonds. The summed E-state index contributed by atoms with van der Waals surface area (Å²) in [6.07, 6.45) is 70.8. The van der Waals surface area contributed by atoms with Crippen molar-refractivity contribution in [2.45, 2.75) is 303 Å². The van der Waals surface area contributed by atoms with Crippen LogP contribution >= 0.6 is 0 Å². The number of esters is 3. The van der Waals surface area contributed by atoms with Crippen LogP contribution in [0.2, 0.25) is 0 Å². The molecule has 6 nitrogen and oxygen atoms in total. The Morgan fingerprint density at radius 3 is 0.941 bits per heavy atom. The molecule has 1 atom stereocenters. The van der Waals surface area contributed by atoms with Gasteiger partial charge in [0.25, 0.3) is 0 Å². The van der Waals surface area contributed by atoms with Gasteiger partial charge in [-0.2, -0.15) is 0 Å². The van der Waals surface area contributed by atoms with E-state index in [0.29, 0.717) is 19.3 Å². The van der Waals surface area contributed by atoms with Gasteiger partial charge in [0.1, 0.15) is 13.2 Å². The molecule has 0 saturated heterocycles. The maximum atomic E-state index is 12.8. The first-order valence-corrected chi connectivity index (χ1v) is 29.3. The zero-order valence-corrected chi connectivity index (χ0v) is 45.1. The zero-order chi connectivity index (χ0) is 49.3. The molecule has 0 bridgehead atoms. The average molecular weight is 952 g/mol. The Morgan fingerprint density at radius 1 is 0.309 bits per heavy atom. The molecule has 0 radical (unpaired) electrons. The van der Waals surface area contributed by atoms with E-state index in [2.05, 4.69) is 81.5 Å². The summed E-state index contributed by atoms with van der Waals surface area (Å²) >= 11 is 0. The van der Waals surface area contributed by atoms with Crippen LogP contribution in [-0.4, -0.2) is 37.2 Å². The summed E-state index contributed by atoms with van der Waals surface area (Å²) < 4.78 is 16.8. The lowest BCUT2D eigenvalue weighted by atomic mass is 10.0. The van der Waals surface area contributed by atoms with Gasteiger partial charge in [0.2, 0.25) is 0 Å². The van der Waals surface area contributed by atoms with E-state index >= 15 is 0 Å². The number of allylic oxidation sites excluding steroid dienone is 10. The molecule has 0 aliphatic carbocycles. The molecule has 0 saturated carbocycles. The molecule has 0 heterocycles. The van der Waals surface area contributed by atoms with Gasteiger partial charge in [-0.05, 0) is 83.5 Å². The second-order valence-electron chi connectivity index (χ2n) is 19.5. The molecular weight excluding hydrogens is 841 g/mol. The molecule has 0 fully saturated rings. The predicted molar refractivity (Wildman–Crippen MR) is 293 cm³/mol. The molecular formula is C62H110O6. The molecule has 0 aliphatic heterocycles. The topological polar surface area (TPSA) is 78.9 Å². The van der Waals surface area contributed by atoms with E-state index in [0.717, 1.165) is 77.0 Å². The molecule has 394 valence electrons. The number of carbonyl (C=O) groups is 3. The standard InChI is InChI=1S/C62H110O6/c1-4-7-10-13-16-19-22-25-27-28-29-30-31-32-33-34-36-37-40-43-46-49-52-55-61(64)67-58-59(57-66-60(63)54-51-48-45-42-39-24-21-18-15-12-9-6-3)68-62(65)56-53-50-47-44-41-38-35-26-23-20-17-14-11-8-5-2/h8,11,17,20,26,28-29,35,41,44,59H,4-7,9-10,12-16,18-19,21-25,27,30-34,36-40,42-43,45-58H2,1-3H3/b11-8-,20-17-,29-28-,35-26-,44-41-. The lowest BCUT2D eigenvalue weighted by Crippen LogP contribution is -2.30. The van der Waals surface area contributed by atoms with Crippen molar-refractivity contribution in [1.29, 1.82) is 0 Å². The highest BCUT2D eigenvalue weighted by Crippen LogP contribution is 2.16. The molecule has 0 aliphatic rings. The highest BCUT2D eigenvalue weighted by atomic mass is 16.6. The fourth-order valence-electron chi connectivity index (χ4n) is 8.37. The van der Waals surface area contributed by atoms with E-state index in [4.69, 9.17) is 14.2 Å². The second-order valence-corrected chi connectivity index (χ2v) is 19.5. The quantitative estimate of drug-likeness (QED) is 0.0262. The number of unbranched alkanes of at least 4 members (excludes halogenated alkanes) is 32. The van der Waals surface area contributed by atoms with Gasteiger partial charge in [-0.3, -0.25) is 14.4 Å². The van der Waals surface area contributed by atoms with E-state index in [1.807, 2.05) is 0 Å². The zero-order valence-electron chi connectivity index (χ0n) is 45.1. The molecule has 0 rings (SSSR count). The molecule has 1 unspecified atom stereocenters. The van der Waals surface area contributed by atoms with E-state index in [1.165, 1.54) is 173 Å². The Hall–Kier alpha value is -2.89. The van der Waals surface area contributed by atoms with Gasteiger partial charge in [0.15, 0.2) is 6.10 Å². The third kappa shape index (κ3) is 54.1. The van der Waals surface area contributed by atoms with Crippen molar-refractivity contribution in [3.8, 4) is 0 Å². The van der Waals surface area contributed by atoms with Crippen LogP contribution in [0.25, 0.3) is 0 Å². The van der Waals surface area contributed by atoms with Gasteiger partial charge in [-0.15, -0.1) is 0 Å². The minimum atomic E-state index is -0.794. The third-order valence-corrected chi connectivity index (χ3v) is 12.8. The molecule has 68 heavy (non-hydrogen) atoms. The Bertz CT molecular complexity index is 1230. The van der Waals surface area contributed by atoms with Gasteiger partial charge in [0, 0.05) is 19.3 Å². The van der Waals surface area contributed by atoms with Gasteiger partial charge < -0.3 is 14.2 Å². The lowest BCUT2D eigenvalue weighted by molar-refractivity contribution is -0.167. The number of rotatable bonds is 53. The summed E-state index contributed by atoms with van der Waals surface area (Å²) in [5.74, 6) is -0.920. The fraction of sp³-hybridized carbons (Fsp3) is 0.790. The van der Waals surface area contributed by atoms with Crippen molar-refractivity contribution in [2.24, 2.45) is 0 Å². The Morgan fingerprint density at radius 2 is 0.574 bits per heavy atom. The SMILES string of the molecule is CC/C=C\C/C=C\C/C=C\C/C=C\CCCCC(=O)OC(COC(=O)CCCCCCCCCCCCCC)COC(=O)CCCCCCCCCCCCC/C=C\CCCCCCCCCC. The van der Waals surface area contributed by atoms with Crippen LogP contribution in [0.1, 0.15) is 297 Å². The maximum absolute atomic E-state index is 12.8. The summed E-state index contributed by atoms with van der Waals surface area (Å²) in [6.45, 7) is 6.51. The first-order valence-electron chi connectivity index (χ1n) is 29.3. The fourth-order valence-corrected chi connectivity index (χ4v) is 8.37. The molecule has 0 aromatic heterocycles. The minimum absolute atomic E-state index is 0.0884. The smallest absolute Gasteiger partial charge is 0.306 e. The molecule has 0 aromatic carbocycles. The van der Waals surface area contributed by atoms with Crippen molar-refractivity contribution < 1.29 is 28.6 Å². The van der Waals surface area contributed by atoms with E-state index < -0.39 is 6.10 Å². The van der Waals surface area contributed by atoms with Crippen molar-refractivity contribution in [3.63, 3.8) is 0 Å². The van der Waals surface area contributed by atoms with E-state index in [9.17, 15) is 14.4 Å². The average Bonchev–Trinajstić information content (AvgIpc) is 3.34. The van der Waals surface area contributed by atoms with Crippen LogP contribution in [0.3, 0.4) is 0 Å². The summed E-state index contributed by atoms with van der Waals surface area (Å²) in [6, 6.07) is 0. The Balaban J connectivity index is 4.31. The predicted octanol–water partition coefficient (Wildman–Crippen LogP) is 19.6. The molecule has 0 aromatic rings. The Labute approximate surface area is 421 Å². The normalized spacial score (nSPS) is 12.5. The van der Waals surface area contributed by atoms with Crippen LogP contribution in [0.4, 0.5) is 0 Å². The summed E-state index contributed by atoms with van der Waals surface area (Å²) in [5, 5.41) is 0. The number of hydrogen-bond donors (Lipinski definition) is 0. The van der Waals surface area contributed by atoms with Crippen molar-refractivity contribution in [1.82, 2.24) is 0 Å². The second kappa shape index (κ2) is 56.7. The van der Waals surface area contributed by atoms with Gasteiger partial charge in [-0.1, -0.05) is 255 Å². The minimum Gasteiger partial charge on any atom is -0.462 e. The van der Waals surface area contributed by atoms with Gasteiger partial charge >= 0.3 is 17.9 Å². The van der Waals surface area contributed by atoms with Gasteiger partial charge in [-0.25, -0.2) is 0 Å². The molecule has 0 N–H and O–H groups in total. The summed E-state index contributed by atoms with van der Waals surface area (Å²) in [4.78, 5) is 38.1. The highest BCUT2D eigenvalue weighted by Gasteiger charge is 2.19. The number of carbonyl (C=O) groups excluding carboxylic acids is 3. The Kier molecular flexibility index (Phi) is 54.3. The summed E-state index contributed by atoms with van der Waals surface area (Å²) in [5.41, 5.74) is 0. The first kappa shape index (κ1) is 65.1. The van der Waals surface area contributed by atoms with Crippen LogP contribution < -0.4 is 0 Å². The van der Waals surface area contributed by atoms with Crippen molar-refractivity contribution in [2.75, 3.05) is 13.2 Å². The van der Waals surface area contributed by atoms with Crippen molar-refractivity contribution in [3.05, 3.63) is 60.8 Å². The monoisotopic (exact) mass is 951 g/mol. The van der Waals surface area contributed by atoms with Crippen LogP contribution in [0, 0.1) is 0 Å². The van der Waals surface area contributed by atoms with Crippen molar-refractivity contribution >= 4 is 17.9 Å². The highest BCUT2D eigenvalue weighted by molar-refractivity contribution is 5.71. The van der Waals surface area contributed by atoms with Crippen LogP contribution in [-0.2, 0) is 28.6 Å². The maximum Gasteiger partial charge on any atom is 0.306 e. The third-order valence-electron chi connectivity index (χ3n) is 12.8. The largest absolute Gasteiger partial charge is 0.462 e. The molecule has 6 heteroatoms. The van der Waals surface area contributed by atoms with E-state index in [-0.39, 0.29) is 37.5 Å². The van der Waals surface area contributed by atoms with E-state index in [1.54, 1.807) is 0 Å². The number of ether oxygens (including phenoxy) is 3. The van der Waals surface area contributed by atoms with Crippen LogP contribution in [0.5, 0.6) is 0 Å². The first-order chi connectivity index (χ1) is 33.5. The van der Waals surface area contributed by atoms with Crippen LogP contribution in [0.15, 0.2) is 60.8 Å². The summed E-state index contributed by atoms with van der Waals surface area (Å²) in [7, 11) is 0. The lowest BCUT2D eigenvalue weighted by Gasteiger charge is -2.18. The van der Waals surface area contributed by atoms with Gasteiger partial charge in [0.05, 0.1) is 0 Å². The molecule has 0 spiro atoms.